The Balaban J connectivity index is 0.775. The third-order valence-electron chi connectivity index (χ3n) is 12.8. The van der Waals surface area contributed by atoms with Crippen LogP contribution in [0.3, 0.4) is 0 Å². The van der Waals surface area contributed by atoms with Crippen LogP contribution in [0, 0.1) is 11.3 Å². The van der Waals surface area contributed by atoms with E-state index in [1.54, 1.807) is 25.5 Å². The van der Waals surface area contributed by atoms with Gasteiger partial charge < -0.3 is 25.2 Å². The molecular formula is C42H49ClN12O5. The summed E-state index contributed by atoms with van der Waals surface area (Å²) in [6, 6.07) is 9.68. The zero-order valence-electron chi connectivity index (χ0n) is 34.0. The Hall–Kier alpha value is -5.81. The average Bonchev–Trinajstić information content (AvgIpc) is 3.58. The number of nitrogens with one attached hydrogen (secondary N) is 3. The molecule has 1 saturated carbocycles. The summed E-state index contributed by atoms with van der Waals surface area (Å²) in [4.78, 5) is 70.1. The predicted molar refractivity (Wildman–Crippen MR) is 228 cm³/mol. The second-order valence-electron chi connectivity index (χ2n) is 16.7. The van der Waals surface area contributed by atoms with Crippen LogP contribution < -0.4 is 36.0 Å². The number of para-hydroxylation sites is 1. The highest BCUT2D eigenvalue weighted by Gasteiger charge is 2.46. The number of carbonyl (C=O) groups is 3. The molecule has 4 fully saturated rings. The number of benzene rings is 1. The highest BCUT2D eigenvalue weighted by atomic mass is 35.5. The molecule has 1 aromatic carbocycles. The van der Waals surface area contributed by atoms with E-state index in [1.165, 1.54) is 43.0 Å². The second kappa shape index (κ2) is 16.0. The summed E-state index contributed by atoms with van der Waals surface area (Å²) in [5.74, 6) is 0.551. The van der Waals surface area contributed by atoms with Crippen LogP contribution in [-0.4, -0.2) is 111 Å². The van der Waals surface area contributed by atoms with Gasteiger partial charge in [0.15, 0.2) is 18.2 Å². The van der Waals surface area contributed by atoms with Crippen molar-refractivity contribution in [2.75, 3.05) is 74.6 Å². The lowest BCUT2D eigenvalue weighted by atomic mass is 9.65. The quantitative estimate of drug-likeness (QED) is 0.174. The van der Waals surface area contributed by atoms with Gasteiger partial charge in [0.2, 0.25) is 17.8 Å². The zero-order valence-corrected chi connectivity index (χ0v) is 34.8. The van der Waals surface area contributed by atoms with Gasteiger partial charge in [-0.3, -0.25) is 38.6 Å². The minimum atomic E-state index is -0.411. The van der Waals surface area contributed by atoms with Gasteiger partial charge in [0, 0.05) is 89.6 Å². The number of imide groups is 1. The number of pyridine rings is 2. The molecule has 314 valence electrons. The van der Waals surface area contributed by atoms with Gasteiger partial charge in [-0.15, -0.1) is 0 Å². The van der Waals surface area contributed by atoms with E-state index in [1.807, 2.05) is 23.9 Å². The van der Waals surface area contributed by atoms with Crippen LogP contribution in [0.2, 0.25) is 5.02 Å². The highest BCUT2D eigenvalue weighted by Crippen LogP contribution is 2.48. The van der Waals surface area contributed by atoms with Gasteiger partial charge >= 0.3 is 0 Å². The van der Waals surface area contributed by atoms with E-state index in [2.05, 4.69) is 52.8 Å². The van der Waals surface area contributed by atoms with Crippen molar-refractivity contribution in [2.24, 2.45) is 25.4 Å². The maximum absolute atomic E-state index is 12.8. The first-order chi connectivity index (χ1) is 29.0. The smallest absolute Gasteiger partial charge is 0.294 e. The summed E-state index contributed by atoms with van der Waals surface area (Å²) in [5, 5.41) is 15.0. The fourth-order valence-electron chi connectivity index (χ4n) is 9.48. The van der Waals surface area contributed by atoms with E-state index in [-0.39, 0.29) is 30.1 Å². The van der Waals surface area contributed by atoms with Crippen molar-refractivity contribution in [1.82, 2.24) is 44.8 Å². The number of hydrogen-bond donors (Lipinski definition) is 3. The number of piperazine rings is 1. The van der Waals surface area contributed by atoms with Crippen molar-refractivity contribution in [3.8, 4) is 5.75 Å². The van der Waals surface area contributed by atoms with Crippen LogP contribution >= 0.6 is 11.6 Å². The summed E-state index contributed by atoms with van der Waals surface area (Å²) in [5.41, 5.74) is 4.01. The summed E-state index contributed by atoms with van der Waals surface area (Å²) in [6.45, 7) is 6.35. The van der Waals surface area contributed by atoms with Crippen molar-refractivity contribution in [2.45, 2.75) is 44.4 Å². The van der Waals surface area contributed by atoms with Gasteiger partial charge in [-0.25, -0.2) is 9.97 Å². The van der Waals surface area contributed by atoms with E-state index in [0.29, 0.717) is 57.7 Å². The average molecular weight is 837 g/mol. The molecular weight excluding hydrogens is 788 g/mol. The maximum atomic E-state index is 12.8. The van der Waals surface area contributed by atoms with E-state index in [9.17, 15) is 19.2 Å². The number of aromatic nitrogens is 6. The van der Waals surface area contributed by atoms with Crippen LogP contribution in [0.5, 0.6) is 5.75 Å². The number of nitrogens with zero attached hydrogens (tertiary/aromatic N) is 9. The first-order valence-corrected chi connectivity index (χ1v) is 21.0. The number of fused-ring (bicyclic) bond motifs is 2. The molecule has 4 aromatic heterocycles. The number of anilines is 4. The van der Waals surface area contributed by atoms with Crippen molar-refractivity contribution in [3.05, 3.63) is 63.8 Å². The molecule has 5 aromatic rings. The molecule has 0 bridgehead atoms. The molecule has 7 heterocycles. The lowest BCUT2D eigenvalue weighted by molar-refractivity contribution is -0.134. The second-order valence-corrected chi connectivity index (χ2v) is 17.1. The summed E-state index contributed by atoms with van der Waals surface area (Å²) >= 11 is 6.56. The number of piperidine rings is 1. The molecule has 3 N–H and O–H groups in total. The summed E-state index contributed by atoms with van der Waals surface area (Å²) in [6.07, 6.45) is 8.95. The number of likely N-dealkylation sites (N-methyl/N-ethyl adjacent to an activating group) is 1. The molecule has 18 heteroatoms. The normalized spacial score (nSPS) is 19.8. The fourth-order valence-corrected chi connectivity index (χ4v) is 9.61. The minimum Gasteiger partial charge on any atom is -0.478 e. The van der Waals surface area contributed by atoms with Gasteiger partial charge in [-0.05, 0) is 56.2 Å². The number of amides is 3. The molecule has 9 rings (SSSR count). The lowest BCUT2D eigenvalue weighted by Crippen LogP contribution is -2.58. The van der Waals surface area contributed by atoms with Gasteiger partial charge in [-0.1, -0.05) is 23.7 Å². The molecule has 1 spiro atoms. The molecule has 3 aliphatic heterocycles. The van der Waals surface area contributed by atoms with Gasteiger partial charge in [-0.2, -0.15) is 10.1 Å². The molecule has 1 aliphatic carbocycles. The number of aryl methyl sites for hydroxylation is 2. The molecule has 17 nitrogen and oxygen atoms in total. The van der Waals surface area contributed by atoms with Gasteiger partial charge in [0.25, 0.3) is 11.5 Å². The topological polar surface area (TPSA) is 185 Å². The molecule has 4 aliphatic rings. The number of halogens is 1. The van der Waals surface area contributed by atoms with Crippen LogP contribution in [0.1, 0.15) is 50.1 Å². The Morgan fingerprint density at radius 3 is 2.53 bits per heavy atom. The molecule has 1 atom stereocenters. The first kappa shape index (κ1) is 39.6. The Bertz CT molecular complexity index is 2550. The monoisotopic (exact) mass is 836 g/mol. The SMILES string of the molecule is CNC(=O)COc1cc2cc(Nc3nc(N4CCN(CC5CCC6(CC5)CN(c5cccc7c(C8CCC(=O)NC8=O)nn(C)c57)C6)CC4)ncc3Cl)cnc2n(C)c1=O. The van der Waals surface area contributed by atoms with Crippen molar-refractivity contribution in [1.29, 1.82) is 0 Å². The number of ether oxygens (including phenoxy) is 1. The Morgan fingerprint density at radius 2 is 1.78 bits per heavy atom. The Kier molecular flexibility index (Phi) is 10.6. The third kappa shape index (κ3) is 7.59. The van der Waals surface area contributed by atoms with E-state index in [0.717, 1.165) is 62.4 Å². The number of rotatable bonds is 10. The predicted octanol–water partition coefficient (Wildman–Crippen LogP) is 3.47. The number of hydrogen-bond acceptors (Lipinski definition) is 13. The van der Waals surface area contributed by atoms with E-state index in [4.69, 9.17) is 26.4 Å². The van der Waals surface area contributed by atoms with Crippen molar-refractivity contribution in [3.63, 3.8) is 0 Å². The van der Waals surface area contributed by atoms with Gasteiger partial charge in [0.1, 0.15) is 10.7 Å². The third-order valence-corrected chi connectivity index (χ3v) is 13.1. The van der Waals surface area contributed by atoms with Crippen LogP contribution in [0.25, 0.3) is 21.9 Å². The first-order valence-electron chi connectivity index (χ1n) is 20.6. The molecule has 60 heavy (non-hydrogen) atoms. The van der Waals surface area contributed by atoms with Crippen LogP contribution in [0.4, 0.5) is 23.1 Å². The fraction of sp³-hybridized carbons (Fsp3) is 0.476. The Morgan fingerprint density at radius 1 is 1.00 bits per heavy atom. The molecule has 0 radical (unpaired) electrons. The molecule has 3 saturated heterocycles. The molecule has 1 unspecified atom stereocenters. The van der Waals surface area contributed by atoms with Crippen LogP contribution in [0.15, 0.2) is 47.5 Å². The zero-order chi connectivity index (χ0) is 41.7. The van der Waals surface area contributed by atoms with E-state index < -0.39 is 11.5 Å². The number of carbonyl (C=O) groups excluding carboxylic acids is 3. The van der Waals surface area contributed by atoms with Crippen molar-refractivity contribution < 1.29 is 19.1 Å². The highest BCUT2D eigenvalue weighted by molar-refractivity contribution is 6.33. The van der Waals surface area contributed by atoms with Gasteiger partial charge in [0.05, 0.1) is 40.9 Å². The van der Waals surface area contributed by atoms with E-state index >= 15 is 0 Å². The standard InChI is InChI=1S/C42H49ClN12O5/c1-44-34(57)22-60-32-18-26-17-27(19-45-38(26)51(2)40(32)59)47-37-30(43)20-46-41(49-37)54-15-13-53(14-16-54)21-25-9-11-42(12-10-25)23-55(24-42)31-6-4-5-28-35(50-52(3)36(28)31)29-7-8-33(56)48-39(29)58/h4-6,17-20,25,29H,7-16,21-24H2,1-3H3,(H,44,57)(H,46,47,49)(H,48,56,58). The summed E-state index contributed by atoms with van der Waals surface area (Å²) in [7, 11) is 5.06. The summed E-state index contributed by atoms with van der Waals surface area (Å²) < 4.78 is 8.78. The lowest BCUT2D eigenvalue weighted by Gasteiger charge is -2.55. The van der Waals surface area contributed by atoms with Crippen LogP contribution in [-0.2, 0) is 28.5 Å². The minimum absolute atomic E-state index is 0.0488. The maximum Gasteiger partial charge on any atom is 0.294 e. The Labute approximate surface area is 351 Å². The largest absolute Gasteiger partial charge is 0.478 e. The van der Waals surface area contributed by atoms with Crippen molar-refractivity contribution >= 4 is 74.4 Å². The molecule has 3 amide bonds.